The summed E-state index contributed by atoms with van der Waals surface area (Å²) in [7, 11) is 0. The molecule has 0 aromatic heterocycles. The molecule has 0 spiro atoms. The van der Waals surface area contributed by atoms with Gasteiger partial charge < -0.3 is 10.1 Å². The third kappa shape index (κ3) is 6.24. The average Bonchev–Trinajstić information content (AvgIpc) is 2.66. The van der Waals surface area contributed by atoms with Crippen molar-refractivity contribution in [2.75, 3.05) is 26.2 Å². The van der Waals surface area contributed by atoms with E-state index in [1.807, 2.05) is 12.1 Å². The van der Waals surface area contributed by atoms with E-state index in [2.05, 4.69) is 10.2 Å². The number of rotatable bonds is 6. The third-order valence-corrected chi connectivity index (χ3v) is 5.84. The van der Waals surface area contributed by atoms with E-state index in [0.29, 0.717) is 38.8 Å². The zero-order valence-corrected chi connectivity index (χ0v) is 18.1. The second-order valence-corrected chi connectivity index (χ2v) is 8.35. The van der Waals surface area contributed by atoms with Crippen molar-refractivity contribution < 1.29 is 9.53 Å². The van der Waals surface area contributed by atoms with Crippen LogP contribution in [0.5, 0.6) is 0 Å². The lowest BCUT2D eigenvalue weighted by Gasteiger charge is -2.33. The van der Waals surface area contributed by atoms with Gasteiger partial charge >= 0.3 is 0 Å². The number of hydrogen-bond donors (Lipinski definition) is 1. The van der Waals surface area contributed by atoms with Gasteiger partial charge in [0.15, 0.2) is 0 Å². The number of benzene rings is 2. The lowest BCUT2D eigenvalue weighted by Crippen LogP contribution is -2.47. The molecule has 28 heavy (non-hydrogen) atoms. The first-order valence-electron chi connectivity index (χ1n) is 8.89. The molecule has 4 nitrogen and oxygen atoms in total. The number of carbonyl (C=O) groups is 1. The maximum Gasteiger partial charge on any atom is 0.224 e. The Hall–Kier alpha value is -1.01. The van der Waals surface area contributed by atoms with Crippen LogP contribution >= 0.6 is 46.4 Å². The molecule has 2 aromatic carbocycles. The summed E-state index contributed by atoms with van der Waals surface area (Å²) in [6, 6.07) is 10.7. The number of ether oxygens (including phenoxy) is 1. The van der Waals surface area contributed by atoms with Crippen LogP contribution in [-0.2, 0) is 22.5 Å². The number of nitrogens with one attached hydrogen (secondary N) is 1. The molecule has 0 radical (unpaired) electrons. The second-order valence-electron chi connectivity index (χ2n) is 6.69. The highest BCUT2D eigenvalue weighted by molar-refractivity contribution is 6.42. The molecule has 1 unspecified atom stereocenters. The Labute approximate surface area is 184 Å². The summed E-state index contributed by atoms with van der Waals surface area (Å²) in [5.41, 5.74) is 1.80. The Bertz CT molecular complexity index is 847. The molecule has 1 N–H and O–H groups in total. The molecule has 8 heteroatoms. The van der Waals surface area contributed by atoms with Crippen molar-refractivity contribution in [1.29, 1.82) is 0 Å². The highest BCUT2D eigenvalue weighted by Crippen LogP contribution is 2.24. The van der Waals surface area contributed by atoms with Gasteiger partial charge in [0.25, 0.3) is 0 Å². The fraction of sp³-hybridized carbons (Fsp3) is 0.350. The predicted octanol–water partition coefficient (Wildman–Crippen LogP) is 4.86. The molecule has 0 saturated carbocycles. The minimum atomic E-state index is -0.116. The summed E-state index contributed by atoms with van der Waals surface area (Å²) in [6.07, 6.45) is 0.106. The van der Waals surface area contributed by atoms with E-state index in [9.17, 15) is 4.79 Å². The van der Waals surface area contributed by atoms with Crippen LogP contribution in [0.4, 0.5) is 0 Å². The van der Waals surface area contributed by atoms with Gasteiger partial charge in [-0.3, -0.25) is 9.69 Å². The van der Waals surface area contributed by atoms with Crippen LogP contribution in [0, 0.1) is 0 Å². The first-order chi connectivity index (χ1) is 13.4. The van der Waals surface area contributed by atoms with E-state index in [1.54, 1.807) is 24.3 Å². The van der Waals surface area contributed by atoms with Crippen LogP contribution in [0.25, 0.3) is 0 Å². The maximum atomic E-state index is 12.3. The van der Waals surface area contributed by atoms with Gasteiger partial charge in [-0.15, -0.1) is 0 Å². The minimum absolute atomic E-state index is 0.0738. The molecule has 2 aromatic rings. The Morgan fingerprint density at radius 1 is 1.07 bits per heavy atom. The summed E-state index contributed by atoms with van der Waals surface area (Å²) < 4.78 is 5.78. The summed E-state index contributed by atoms with van der Waals surface area (Å²) in [5.74, 6) is -0.116. The largest absolute Gasteiger partial charge is 0.374 e. The highest BCUT2D eigenvalue weighted by atomic mass is 35.5. The fourth-order valence-corrected chi connectivity index (χ4v) is 3.79. The van der Waals surface area contributed by atoms with Gasteiger partial charge in [-0.1, -0.05) is 52.5 Å². The van der Waals surface area contributed by atoms with Gasteiger partial charge in [0.1, 0.15) is 0 Å². The molecular weight excluding hydrogens is 442 g/mol. The Morgan fingerprint density at radius 2 is 1.86 bits per heavy atom. The van der Waals surface area contributed by atoms with Crippen LogP contribution in [0.15, 0.2) is 36.4 Å². The normalized spacial score (nSPS) is 17.5. The maximum absolute atomic E-state index is 12.3. The molecule has 0 aliphatic carbocycles. The molecule has 1 saturated heterocycles. The fourth-order valence-electron chi connectivity index (χ4n) is 3.09. The second kappa shape index (κ2) is 10.1. The summed E-state index contributed by atoms with van der Waals surface area (Å²) >= 11 is 24.2. The number of morpholine rings is 1. The van der Waals surface area contributed by atoms with Gasteiger partial charge in [0.05, 0.1) is 29.2 Å². The Kier molecular flexibility index (Phi) is 7.86. The lowest BCUT2D eigenvalue weighted by atomic mass is 10.1. The van der Waals surface area contributed by atoms with E-state index in [1.165, 1.54) is 0 Å². The summed E-state index contributed by atoms with van der Waals surface area (Å²) in [5, 5.41) is 5.10. The molecule has 1 aliphatic heterocycles. The first kappa shape index (κ1) is 21.7. The van der Waals surface area contributed by atoms with Crippen LogP contribution in [0.2, 0.25) is 20.1 Å². The summed E-state index contributed by atoms with van der Waals surface area (Å²) in [6.45, 7) is 3.35. The van der Waals surface area contributed by atoms with Crippen molar-refractivity contribution in [3.63, 3.8) is 0 Å². The number of carbonyl (C=O) groups excluding carboxylic acids is 1. The summed E-state index contributed by atoms with van der Waals surface area (Å²) in [4.78, 5) is 14.5. The molecule has 0 bridgehead atoms. The molecule has 1 amide bonds. The van der Waals surface area contributed by atoms with Crippen LogP contribution in [0.3, 0.4) is 0 Å². The number of amides is 1. The molecular formula is C20H20Cl4N2O2. The lowest BCUT2D eigenvalue weighted by molar-refractivity contribution is -0.121. The number of halogens is 4. The predicted molar refractivity (Wildman–Crippen MR) is 115 cm³/mol. The smallest absolute Gasteiger partial charge is 0.224 e. The Morgan fingerprint density at radius 3 is 2.64 bits per heavy atom. The molecule has 1 heterocycles. The minimum Gasteiger partial charge on any atom is -0.374 e. The van der Waals surface area contributed by atoms with E-state index in [4.69, 9.17) is 51.1 Å². The van der Waals surface area contributed by atoms with Crippen molar-refractivity contribution >= 4 is 52.3 Å². The van der Waals surface area contributed by atoms with E-state index < -0.39 is 0 Å². The van der Waals surface area contributed by atoms with Crippen molar-refractivity contribution in [3.8, 4) is 0 Å². The van der Waals surface area contributed by atoms with Crippen LogP contribution in [0.1, 0.15) is 11.1 Å². The molecule has 1 atom stereocenters. The number of hydrogen-bond acceptors (Lipinski definition) is 3. The van der Waals surface area contributed by atoms with Crippen LogP contribution < -0.4 is 5.32 Å². The SMILES string of the molecule is O=C(Cc1cc(Cl)ccc1Cl)NCC1CN(Cc2ccc(Cl)c(Cl)c2)CCO1. The molecule has 3 rings (SSSR count). The van der Waals surface area contributed by atoms with Gasteiger partial charge in [-0.05, 0) is 41.5 Å². The van der Waals surface area contributed by atoms with Crippen molar-refractivity contribution in [2.45, 2.75) is 19.1 Å². The highest BCUT2D eigenvalue weighted by Gasteiger charge is 2.21. The van der Waals surface area contributed by atoms with Crippen molar-refractivity contribution in [1.82, 2.24) is 10.2 Å². The monoisotopic (exact) mass is 460 g/mol. The van der Waals surface area contributed by atoms with Crippen LogP contribution in [-0.4, -0.2) is 43.2 Å². The zero-order chi connectivity index (χ0) is 20.1. The first-order valence-corrected chi connectivity index (χ1v) is 10.4. The van der Waals surface area contributed by atoms with E-state index in [0.717, 1.165) is 25.2 Å². The standard InChI is InChI=1S/C20H20Cl4N2O2/c21-15-2-4-17(22)14(8-15)9-20(27)25-10-16-12-26(5-6-28-16)11-13-1-3-18(23)19(24)7-13/h1-4,7-8,16H,5-6,9-12H2,(H,25,27). The third-order valence-electron chi connectivity index (χ3n) is 4.50. The van der Waals surface area contributed by atoms with Crippen molar-refractivity contribution in [2.24, 2.45) is 0 Å². The Balaban J connectivity index is 1.48. The quantitative estimate of drug-likeness (QED) is 0.667. The number of nitrogens with zero attached hydrogens (tertiary/aromatic N) is 1. The van der Waals surface area contributed by atoms with Gasteiger partial charge in [-0.25, -0.2) is 0 Å². The van der Waals surface area contributed by atoms with Gasteiger partial charge in [-0.2, -0.15) is 0 Å². The average molecular weight is 462 g/mol. The zero-order valence-electron chi connectivity index (χ0n) is 15.1. The molecule has 1 fully saturated rings. The molecule has 150 valence electrons. The van der Waals surface area contributed by atoms with Crippen molar-refractivity contribution in [3.05, 3.63) is 67.6 Å². The van der Waals surface area contributed by atoms with E-state index >= 15 is 0 Å². The van der Waals surface area contributed by atoms with Gasteiger partial charge in [0.2, 0.25) is 5.91 Å². The topological polar surface area (TPSA) is 41.6 Å². The van der Waals surface area contributed by atoms with Gasteiger partial charge in [0, 0.05) is 36.2 Å². The molecule has 1 aliphatic rings. The van der Waals surface area contributed by atoms with E-state index in [-0.39, 0.29) is 18.4 Å².